The van der Waals surface area contributed by atoms with Crippen LogP contribution in [0.2, 0.25) is 0 Å². The molecule has 0 spiro atoms. The van der Waals surface area contributed by atoms with Crippen LogP contribution >= 0.6 is 15.9 Å². The van der Waals surface area contributed by atoms with Crippen molar-refractivity contribution in [2.45, 2.75) is 19.8 Å². The molecule has 1 aromatic rings. The summed E-state index contributed by atoms with van der Waals surface area (Å²) < 4.78 is 24.8. The van der Waals surface area contributed by atoms with Gasteiger partial charge in [0.15, 0.2) is 11.6 Å². The van der Waals surface area contributed by atoms with Gasteiger partial charge in [0.25, 0.3) is 0 Å². The predicted molar refractivity (Wildman–Crippen MR) is 63.5 cm³/mol. The lowest BCUT2D eigenvalue weighted by molar-refractivity contribution is 0.288. The van der Waals surface area contributed by atoms with Crippen LogP contribution in [0.25, 0.3) is 0 Å². The molecular weight excluding hydrogens is 275 g/mol. The summed E-state index contributed by atoms with van der Waals surface area (Å²) in [5.41, 5.74) is 0. The van der Waals surface area contributed by atoms with Crippen molar-refractivity contribution in [3.05, 3.63) is 22.4 Å². The van der Waals surface area contributed by atoms with E-state index in [-0.39, 0.29) is 11.6 Å². The minimum absolute atomic E-state index is 0.247. The second-order valence-electron chi connectivity index (χ2n) is 3.90. The molecule has 4 heteroatoms. The summed E-state index contributed by atoms with van der Waals surface area (Å²) in [4.78, 5) is 0. The minimum atomic E-state index is -0.368. The van der Waals surface area contributed by atoms with Crippen molar-refractivity contribution in [2.75, 3.05) is 13.2 Å². The minimum Gasteiger partial charge on any atom is -0.492 e. The van der Waals surface area contributed by atoms with Crippen molar-refractivity contribution < 1.29 is 13.9 Å². The summed E-state index contributed by atoms with van der Waals surface area (Å²) in [6, 6.07) is 2.98. The van der Waals surface area contributed by atoms with Crippen molar-refractivity contribution in [3.8, 4) is 11.5 Å². The predicted octanol–water partition coefficient (Wildman–Crippen LogP) is 3.78. The summed E-state index contributed by atoms with van der Waals surface area (Å²) >= 11 is 3.28. The number of benzene rings is 1. The third-order valence-corrected chi connectivity index (χ3v) is 3.08. The van der Waals surface area contributed by atoms with E-state index < -0.39 is 0 Å². The Morgan fingerprint density at radius 3 is 2.69 bits per heavy atom. The highest BCUT2D eigenvalue weighted by Crippen LogP contribution is 2.35. The van der Waals surface area contributed by atoms with Crippen LogP contribution < -0.4 is 9.47 Å². The first-order valence-electron chi connectivity index (χ1n) is 5.45. The number of hydrogen-bond acceptors (Lipinski definition) is 2. The van der Waals surface area contributed by atoms with Crippen molar-refractivity contribution >= 4 is 15.9 Å². The van der Waals surface area contributed by atoms with Crippen LogP contribution in [0.15, 0.2) is 16.6 Å². The summed E-state index contributed by atoms with van der Waals surface area (Å²) in [7, 11) is 0. The number of ether oxygens (including phenoxy) is 2. The molecule has 0 bridgehead atoms. The molecule has 0 aliphatic heterocycles. The van der Waals surface area contributed by atoms with Crippen LogP contribution in [0.1, 0.15) is 19.8 Å². The van der Waals surface area contributed by atoms with E-state index in [4.69, 9.17) is 9.47 Å². The van der Waals surface area contributed by atoms with Crippen LogP contribution in [0, 0.1) is 11.7 Å². The Hall–Kier alpha value is -0.770. The van der Waals surface area contributed by atoms with Gasteiger partial charge in [0.2, 0.25) is 0 Å². The van der Waals surface area contributed by atoms with E-state index in [0.29, 0.717) is 29.4 Å². The van der Waals surface area contributed by atoms with Gasteiger partial charge in [-0.3, -0.25) is 0 Å². The van der Waals surface area contributed by atoms with Gasteiger partial charge in [0.1, 0.15) is 5.75 Å². The Balaban J connectivity index is 2.11. The Labute approximate surface area is 103 Å². The van der Waals surface area contributed by atoms with E-state index in [1.165, 1.54) is 18.9 Å². The molecule has 2 rings (SSSR count). The van der Waals surface area contributed by atoms with Gasteiger partial charge in [-0.2, -0.15) is 0 Å². The summed E-state index contributed by atoms with van der Waals surface area (Å²) in [6.45, 7) is 2.97. The molecule has 0 radical (unpaired) electrons. The average Bonchev–Trinajstić information content (AvgIpc) is 3.04. The molecular formula is C12H14BrFO2. The zero-order valence-electron chi connectivity index (χ0n) is 9.13. The standard InChI is InChI=1S/C12H14BrFO2/c1-2-15-12-6-11(9(13)5-10(12)14)16-7-8-3-4-8/h5-6,8H,2-4,7H2,1H3. The zero-order valence-corrected chi connectivity index (χ0v) is 10.7. The molecule has 0 unspecified atom stereocenters. The lowest BCUT2D eigenvalue weighted by Gasteiger charge is -2.11. The fourth-order valence-corrected chi connectivity index (χ4v) is 1.81. The van der Waals surface area contributed by atoms with Gasteiger partial charge in [-0.25, -0.2) is 4.39 Å². The molecule has 1 saturated carbocycles. The molecule has 0 N–H and O–H groups in total. The Kier molecular flexibility index (Phi) is 3.69. The number of halogens is 2. The van der Waals surface area contributed by atoms with E-state index in [1.807, 2.05) is 6.92 Å². The third kappa shape index (κ3) is 2.88. The number of hydrogen-bond donors (Lipinski definition) is 0. The lowest BCUT2D eigenvalue weighted by atomic mass is 10.3. The largest absolute Gasteiger partial charge is 0.492 e. The van der Waals surface area contributed by atoms with Crippen LogP contribution in [-0.4, -0.2) is 13.2 Å². The molecule has 0 amide bonds. The normalized spacial score (nSPS) is 14.9. The van der Waals surface area contributed by atoms with Gasteiger partial charge in [-0.1, -0.05) is 0 Å². The molecule has 0 aromatic heterocycles. The Morgan fingerprint density at radius 1 is 1.31 bits per heavy atom. The first-order valence-corrected chi connectivity index (χ1v) is 6.24. The van der Waals surface area contributed by atoms with Gasteiger partial charge in [-0.15, -0.1) is 0 Å². The van der Waals surface area contributed by atoms with E-state index in [2.05, 4.69) is 15.9 Å². The highest BCUT2D eigenvalue weighted by Gasteiger charge is 2.22. The fraction of sp³-hybridized carbons (Fsp3) is 0.500. The molecule has 2 nitrogen and oxygen atoms in total. The quantitative estimate of drug-likeness (QED) is 0.821. The van der Waals surface area contributed by atoms with E-state index >= 15 is 0 Å². The molecule has 16 heavy (non-hydrogen) atoms. The van der Waals surface area contributed by atoms with Crippen molar-refractivity contribution in [1.82, 2.24) is 0 Å². The smallest absolute Gasteiger partial charge is 0.166 e. The summed E-state index contributed by atoms with van der Waals surface area (Å²) in [5, 5.41) is 0. The number of rotatable bonds is 5. The molecule has 0 atom stereocenters. The molecule has 1 aliphatic carbocycles. The third-order valence-electron chi connectivity index (χ3n) is 2.46. The van der Waals surface area contributed by atoms with Gasteiger partial charge < -0.3 is 9.47 Å². The SMILES string of the molecule is CCOc1cc(OCC2CC2)c(Br)cc1F. The Bertz CT molecular complexity index is 378. The monoisotopic (exact) mass is 288 g/mol. The van der Waals surface area contributed by atoms with Gasteiger partial charge >= 0.3 is 0 Å². The van der Waals surface area contributed by atoms with Crippen molar-refractivity contribution in [3.63, 3.8) is 0 Å². The van der Waals surface area contributed by atoms with Crippen LogP contribution in [0.3, 0.4) is 0 Å². The van der Waals surface area contributed by atoms with Crippen molar-refractivity contribution in [1.29, 1.82) is 0 Å². The zero-order chi connectivity index (χ0) is 11.5. The van der Waals surface area contributed by atoms with Gasteiger partial charge in [0.05, 0.1) is 17.7 Å². The average molecular weight is 289 g/mol. The molecule has 0 saturated heterocycles. The maximum absolute atomic E-state index is 13.4. The molecule has 1 fully saturated rings. The van der Waals surface area contributed by atoms with Crippen LogP contribution in [0.4, 0.5) is 4.39 Å². The fourth-order valence-electron chi connectivity index (χ4n) is 1.38. The second kappa shape index (κ2) is 5.04. The highest BCUT2D eigenvalue weighted by atomic mass is 79.9. The maximum Gasteiger partial charge on any atom is 0.166 e. The second-order valence-corrected chi connectivity index (χ2v) is 4.75. The van der Waals surface area contributed by atoms with Gasteiger partial charge in [-0.05, 0) is 47.7 Å². The van der Waals surface area contributed by atoms with Crippen molar-refractivity contribution in [2.24, 2.45) is 5.92 Å². The lowest BCUT2D eigenvalue weighted by Crippen LogP contribution is -2.01. The molecule has 1 aromatic carbocycles. The molecule has 0 heterocycles. The van der Waals surface area contributed by atoms with Crippen LogP contribution in [0.5, 0.6) is 11.5 Å². The summed E-state index contributed by atoms with van der Waals surface area (Å²) in [5.74, 6) is 1.20. The topological polar surface area (TPSA) is 18.5 Å². The first-order chi connectivity index (χ1) is 7.70. The van der Waals surface area contributed by atoms with E-state index in [0.717, 1.165) is 0 Å². The van der Waals surface area contributed by atoms with E-state index in [1.54, 1.807) is 6.07 Å². The first kappa shape index (κ1) is 11.7. The molecule has 88 valence electrons. The maximum atomic E-state index is 13.4. The van der Waals surface area contributed by atoms with Gasteiger partial charge in [0, 0.05) is 6.07 Å². The summed E-state index contributed by atoms with van der Waals surface area (Å²) in [6.07, 6.45) is 2.47. The van der Waals surface area contributed by atoms with Crippen LogP contribution in [-0.2, 0) is 0 Å². The Morgan fingerprint density at radius 2 is 2.06 bits per heavy atom. The molecule has 1 aliphatic rings. The highest BCUT2D eigenvalue weighted by molar-refractivity contribution is 9.10. The van der Waals surface area contributed by atoms with E-state index in [9.17, 15) is 4.39 Å².